The van der Waals surface area contributed by atoms with Gasteiger partial charge < -0.3 is 14.6 Å². The summed E-state index contributed by atoms with van der Waals surface area (Å²) in [7, 11) is -3.93. The van der Waals surface area contributed by atoms with Crippen molar-refractivity contribution in [2.45, 2.75) is 42.8 Å². The molecule has 4 rings (SSSR count). The van der Waals surface area contributed by atoms with E-state index < -0.39 is 21.8 Å². The van der Waals surface area contributed by atoms with Crippen LogP contribution in [-0.2, 0) is 10.0 Å². The number of rotatable bonds is 4. The van der Waals surface area contributed by atoms with E-state index in [9.17, 15) is 13.2 Å². The Labute approximate surface area is 157 Å². The smallest absolute Gasteiger partial charge is 0.335 e. The molecule has 0 saturated heterocycles. The zero-order valence-corrected chi connectivity index (χ0v) is 15.3. The number of sulfonamides is 1. The van der Waals surface area contributed by atoms with Crippen molar-refractivity contribution in [2.24, 2.45) is 0 Å². The van der Waals surface area contributed by atoms with Crippen LogP contribution in [0.3, 0.4) is 0 Å². The quantitative estimate of drug-likeness (QED) is 0.828. The Morgan fingerprint density at radius 1 is 1.00 bits per heavy atom. The van der Waals surface area contributed by atoms with Crippen LogP contribution in [0.15, 0.2) is 47.4 Å². The third kappa shape index (κ3) is 3.44. The number of nitrogens with one attached hydrogen (secondary N) is 1. The largest absolute Gasteiger partial charge is 0.478 e. The Hall–Kier alpha value is -2.74. The molecule has 142 valence electrons. The number of hydrogen-bond acceptors (Lipinski definition) is 5. The van der Waals surface area contributed by atoms with Gasteiger partial charge in [-0.05, 0) is 43.2 Å². The van der Waals surface area contributed by atoms with Crippen molar-refractivity contribution in [3.8, 4) is 11.5 Å². The summed E-state index contributed by atoms with van der Waals surface area (Å²) in [5.74, 6) is -0.703. The molecule has 1 aliphatic heterocycles. The van der Waals surface area contributed by atoms with Gasteiger partial charge in [0, 0.05) is 18.9 Å². The Morgan fingerprint density at radius 3 is 2.48 bits per heavy atom. The molecule has 1 heterocycles. The van der Waals surface area contributed by atoms with Gasteiger partial charge in [-0.3, -0.25) is 4.72 Å². The Balaban J connectivity index is 1.57. The zero-order valence-electron chi connectivity index (χ0n) is 14.5. The van der Waals surface area contributed by atoms with E-state index in [1.165, 1.54) is 18.2 Å². The highest BCUT2D eigenvalue weighted by Crippen LogP contribution is 2.46. The first-order valence-electron chi connectivity index (χ1n) is 8.75. The van der Waals surface area contributed by atoms with E-state index in [2.05, 4.69) is 4.72 Å². The average molecular weight is 389 g/mol. The monoisotopic (exact) mass is 389 g/mol. The Morgan fingerprint density at radius 2 is 1.74 bits per heavy atom. The van der Waals surface area contributed by atoms with Gasteiger partial charge in [0.15, 0.2) is 11.5 Å². The molecule has 1 aliphatic carbocycles. The molecule has 0 amide bonds. The number of ether oxygens (including phenoxy) is 2. The molecule has 0 bridgehead atoms. The fourth-order valence-electron chi connectivity index (χ4n) is 3.46. The number of aromatic carboxylic acids is 1. The molecule has 27 heavy (non-hydrogen) atoms. The van der Waals surface area contributed by atoms with E-state index in [0.29, 0.717) is 17.2 Å². The topological polar surface area (TPSA) is 102 Å². The van der Waals surface area contributed by atoms with E-state index in [0.717, 1.165) is 38.2 Å². The summed E-state index contributed by atoms with van der Waals surface area (Å²) in [6.45, 7) is 0. The molecular weight excluding hydrogens is 370 g/mol. The van der Waals surface area contributed by atoms with Crippen LogP contribution >= 0.6 is 0 Å². The molecule has 0 atom stereocenters. The second-order valence-corrected chi connectivity index (χ2v) is 8.46. The van der Waals surface area contributed by atoms with Gasteiger partial charge in [0.1, 0.15) is 0 Å². The third-order valence-electron chi connectivity index (χ3n) is 4.79. The van der Waals surface area contributed by atoms with E-state index in [-0.39, 0.29) is 10.5 Å². The normalized spacial score (nSPS) is 17.6. The Bertz CT molecular complexity index is 995. The van der Waals surface area contributed by atoms with E-state index >= 15 is 0 Å². The summed E-state index contributed by atoms with van der Waals surface area (Å²) in [5.41, 5.74) is 0.230. The predicted molar refractivity (Wildman–Crippen MR) is 97.7 cm³/mol. The summed E-state index contributed by atoms with van der Waals surface area (Å²) in [6, 6.07) is 10.1. The highest BCUT2D eigenvalue weighted by atomic mass is 32.2. The fraction of sp³-hybridized carbons (Fsp3) is 0.316. The molecule has 0 aromatic heterocycles. The van der Waals surface area contributed by atoms with Crippen LogP contribution in [0.25, 0.3) is 0 Å². The van der Waals surface area contributed by atoms with Gasteiger partial charge in [0.25, 0.3) is 15.8 Å². The maximum atomic E-state index is 12.6. The van der Waals surface area contributed by atoms with Crippen LogP contribution in [0.1, 0.15) is 42.5 Å². The van der Waals surface area contributed by atoms with Crippen LogP contribution < -0.4 is 14.2 Å². The lowest BCUT2D eigenvalue weighted by molar-refractivity contribution is -0.105. The van der Waals surface area contributed by atoms with Gasteiger partial charge in [-0.1, -0.05) is 12.5 Å². The van der Waals surface area contributed by atoms with Crippen molar-refractivity contribution in [1.29, 1.82) is 0 Å². The van der Waals surface area contributed by atoms with Gasteiger partial charge in [0.05, 0.1) is 16.1 Å². The van der Waals surface area contributed by atoms with Crippen molar-refractivity contribution in [3.05, 3.63) is 48.0 Å². The number of carboxylic acid groups (broad SMARTS) is 1. The van der Waals surface area contributed by atoms with Gasteiger partial charge >= 0.3 is 5.97 Å². The lowest BCUT2D eigenvalue weighted by Gasteiger charge is -2.31. The molecule has 8 heteroatoms. The van der Waals surface area contributed by atoms with E-state index in [1.807, 2.05) is 0 Å². The predicted octanol–water partition coefficient (Wildman–Crippen LogP) is 3.62. The molecule has 0 unspecified atom stereocenters. The first-order chi connectivity index (χ1) is 12.9. The SMILES string of the molecule is O=C(O)c1cccc(S(=O)(=O)Nc2ccc3c(c2)OC2(CCCCC2)O3)c1. The van der Waals surface area contributed by atoms with Gasteiger partial charge in [-0.25, -0.2) is 13.2 Å². The molecule has 7 nitrogen and oxygen atoms in total. The molecule has 1 spiro atoms. The lowest BCUT2D eigenvalue weighted by atomic mass is 9.94. The van der Waals surface area contributed by atoms with Crippen molar-refractivity contribution >= 4 is 21.7 Å². The minimum absolute atomic E-state index is 0.0946. The Kier molecular flexibility index (Phi) is 4.22. The molecule has 2 N–H and O–H groups in total. The number of benzene rings is 2. The highest BCUT2D eigenvalue weighted by molar-refractivity contribution is 7.92. The van der Waals surface area contributed by atoms with E-state index in [4.69, 9.17) is 14.6 Å². The van der Waals surface area contributed by atoms with Crippen LogP contribution in [0.2, 0.25) is 0 Å². The molecular formula is C19H19NO6S. The molecule has 2 aliphatic rings. The summed E-state index contributed by atoms with van der Waals surface area (Å²) >= 11 is 0. The van der Waals surface area contributed by atoms with Crippen LogP contribution in [0.5, 0.6) is 11.5 Å². The van der Waals surface area contributed by atoms with Crippen molar-refractivity contribution in [2.75, 3.05) is 4.72 Å². The van der Waals surface area contributed by atoms with Crippen molar-refractivity contribution in [3.63, 3.8) is 0 Å². The second-order valence-electron chi connectivity index (χ2n) is 6.78. The first kappa shape index (κ1) is 17.7. The summed E-state index contributed by atoms with van der Waals surface area (Å²) in [4.78, 5) is 10.9. The molecule has 1 fully saturated rings. The average Bonchev–Trinajstić information content (AvgIpc) is 2.98. The van der Waals surface area contributed by atoms with Crippen LogP contribution in [0.4, 0.5) is 5.69 Å². The minimum Gasteiger partial charge on any atom is -0.478 e. The van der Waals surface area contributed by atoms with Crippen LogP contribution in [0, 0.1) is 0 Å². The van der Waals surface area contributed by atoms with Gasteiger partial charge in [-0.15, -0.1) is 0 Å². The number of hydrogen-bond donors (Lipinski definition) is 2. The first-order valence-corrected chi connectivity index (χ1v) is 10.2. The number of carbonyl (C=O) groups is 1. The zero-order chi connectivity index (χ0) is 19.1. The minimum atomic E-state index is -3.93. The maximum Gasteiger partial charge on any atom is 0.335 e. The standard InChI is InChI=1S/C19H19NO6S/c21-18(22)13-5-4-6-15(11-13)27(23,24)20-14-7-8-16-17(12-14)26-19(25-16)9-2-1-3-10-19/h4-8,11-12,20H,1-3,9-10H2,(H,21,22). The molecule has 2 aromatic rings. The molecule has 0 radical (unpaired) electrons. The number of carboxylic acids is 1. The van der Waals surface area contributed by atoms with Gasteiger partial charge in [0.2, 0.25) is 0 Å². The van der Waals surface area contributed by atoms with Crippen molar-refractivity contribution in [1.82, 2.24) is 0 Å². The lowest BCUT2D eigenvalue weighted by Crippen LogP contribution is -2.40. The fourth-order valence-corrected chi connectivity index (χ4v) is 4.56. The summed E-state index contributed by atoms with van der Waals surface area (Å²) in [5, 5.41) is 9.05. The second kappa shape index (κ2) is 6.45. The van der Waals surface area contributed by atoms with Gasteiger partial charge in [-0.2, -0.15) is 0 Å². The highest BCUT2D eigenvalue weighted by Gasteiger charge is 2.42. The van der Waals surface area contributed by atoms with Crippen LogP contribution in [-0.4, -0.2) is 25.3 Å². The summed E-state index contributed by atoms with van der Waals surface area (Å²) in [6.07, 6.45) is 4.85. The summed E-state index contributed by atoms with van der Waals surface area (Å²) < 4.78 is 39.7. The molecule has 2 aromatic carbocycles. The maximum absolute atomic E-state index is 12.6. The molecule has 1 saturated carbocycles. The van der Waals surface area contributed by atoms with E-state index in [1.54, 1.807) is 18.2 Å². The van der Waals surface area contributed by atoms with Crippen molar-refractivity contribution < 1.29 is 27.8 Å². The third-order valence-corrected chi connectivity index (χ3v) is 6.17. The number of fused-ring (bicyclic) bond motifs is 1. The number of anilines is 1.